The monoisotopic (exact) mass is 262 g/mol. The van der Waals surface area contributed by atoms with Gasteiger partial charge in [0.15, 0.2) is 0 Å². The summed E-state index contributed by atoms with van der Waals surface area (Å²) in [6.45, 7) is 1.44. The minimum absolute atomic E-state index is 0. The zero-order valence-corrected chi connectivity index (χ0v) is 10.1. The molecule has 1 heterocycles. The van der Waals surface area contributed by atoms with Gasteiger partial charge in [-0.1, -0.05) is 0 Å². The molecule has 1 N–H and O–H groups in total. The second kappa shape index (κ2) is 5.42. The van der Waals surface area contributed by atoms with Crippen molar-refractivity contribution in [1.29, 1.82) is 0 Å². The first kappa shape index (κ1) is 13.9. The van der Waals surface area contributed by atoms with Crippen LogP contribution >= 0.6 is 12.4 Å². The van der Waals surface area contributed by atoms with Crippen LogP contribution in [0.25, 0.3) is 0 Å². The molecule has 0 spiro atoms. The number of likely N-dealkylation sites (N-methyl/N-ethyl adjacent to an activating group) is 1. The maximum absolute atomic E-state index is 12.9. The van der Waals surface area contributed by atoms with Gasteiger partial charge in [0.05, 0.1) is 6.04 Å². The third-order valence-electron chi connectivity index (χ3n) is 2.74. The van der Waals surface area contributed by atoms with E-state index in [9.17, 15) is 13.6 Å². The minimum Gasteiger partial charge on any atom is -0.336 e. The molecule has 0 bridgehead atoms. The van der Waals surface area contributed by atoms with Gasteiger partial charge in [-0.05, 0) is 12.1 Å². The quantitative estimate of drug-likeness (QED) is 0.875. The SMILES string of the molecule is CN(C(=O)c1cc(F)cc(F)c1)C1CNC1.Cl. The molecule has 94 valence electrons. The number of halogens is 3. The smallest absolute Gasteiger partial charge is 0.254 e. The van der Waals surface area contributed by atoms with E-state index >= 15 is 0 Å². The first-order valence-electron chi connectivity index (χ1n) is 5.02. The summed E-state index contributed by atoms with van der Waals surface area (Å²) in [5, 5.41) is 3.03. The maximum atomic E-state index is 12.9. The van der Waals surface area contributed by atoms with E-state index in [1.54, 1.807) is 7.05 Å². The van der Waals surface area contributed by atoms with Crippen molar-refractivity contribution in [2.24, 2.45) is 0 Å². The fourth-order valence-electron chi connectivity index (χ4n) is 1.59. The molecule has 1 saturated heterocycles. The Hall–Kier alpha value is -1.20. The van der Waals surface area contributed by atoms with Crippen LogP contribution in [-0.2, 0) is 0 Å². The largest absolute Gasteiger partial charge is 0.336 e. The molecule has 1 aliphatic rings. The van der Waals surface area contributed by atoms with E-state index < -0.39 is 11.6 Å². The molecule has 0 saturated carbocycles. The Labute approximate surface area is 104 Å². The van der Waals surface area contributed by atoms with E-state index in [-0.39, 0.29) is 29.9 Å². The Balaban J connectivity index is 0.00000144. The maximum Gasteiger partial charge on any atom is 0.254 e. The summed E-state index contributed by atoms with van der Waals surface area (Å²) >= 11 is 0. The number of carbonyl (C=O) groups is 1. The molecule has 1 fully saturated rings. The van der Waals surface area contributed by atoms with Crippen LogP contribution in [0.1, 0.15) is 10.4 Å². The molecule has 0 aliphatic carbocycles. The van der Waals surface area contributed by atoms with E-state index in [1.807, 2.05) is 0 Å². The van der Waals surface area contributed by atoms with Crippen molar-refractivity contribution in [2.75, 3.05) is 20.1 Å². The Morgan fingerprint density at radius 1 is 1.29 bits per heavy atom. The average molecular weight is 263 g/mol. The lowest BCUT2D eigenvalue weighted by Gasteiger charge is -2.35. The van der Waals surface area contributed by atoms with Crippen LogP contribution < -0.4 is 5.32 Å². The molecule has 2 rings (SSSR count). The molecule has 0 radical (unpaired) electrons. The van der Waals surface area contributed by atoms with Crippen molar-refractivity contribution < 1.29 is 13.6 Å². The van der Waals surface area contributed by atoms with Crippen LogP contribution in [-0.4, -0.2) is 37.0 Å². The zero-order chi connectivity index (χ0) is 11.7. The number of nitrogens with one attached hydrogen (secondary N) is 1. The van der Waals surface area contributed by atoms with Crippen LogP contribution in [0.2, 0.25) is 0 Å². The third kappa shape index (κ3) is 2.92. The molecule has 17 heavy (non-hydrogen) atoms. The first-order valence-corrected chi connectivity index (χ1v) is 5.02. The van der Waals surface area contributed by atoms with Crippen LogP contribution in [0.4, 0.5) is 8.78 Å². The summed E-state index contributed by atoms with van der Waals surface area (Å²) in [6, 6.07) is 2.96. The highest BCUT2D eigenvalue weighted by molar-refractivity contribution is 5.94. The molecule has 6 heteroatoms. The van der Waals surface area contributed by atoms with Gasteiger partial charge in [0.25, 0.3) is 5.91 Å². The fraction of sp³-hybridized carbons (Fsp3) is 0.364. The average Bonchev–Trinajstić information content (AvgIpc) is 2.12. The molecular weight excluding hydrogens is 250 g/mol. The van der Waals surface area contributed by atoms with Crippen LogP contribution in [0.3, 0.4) is 0 Å². The number of nitrogens with zero attached hydrogens (tertiary/aromatic N) is 1. The lowest BCUT2D eigenvalue weighted by atomic mass is 10.1. The van der Waals surface area contributed by atoms with Crippen molar-refractivity contribution in [3.05, 3.63) is 35.4 Å². The first-order chi connectivity index (χ1) is 7.58. The summed E-state index contributed by atoms with van der Waals surface area (Å²) in [5.74, 6) is -1.82. The van der Waals surface area contributed by atoms with Crippen LogP contribution in [0.5, 0.6) is 0 Å². The highest BCUT2D eigenvalue weighted by Gasteiger charge is 2.26. The summed E-state index contributed by atoms with van der Waals surface area (Å²) in [6.07, 6.45) is 0. The molecule has 1 aliphatic heterocycles. The van der Waals surface area contributed by atoms with Crippen molar-refractivity contribution >= 4 is 18.3 Å². The van der Waals surface area contributed by atoms with Crippen molar-refractivity contribution in [2.45, 2.75) is 6.04 Å². The lowest BCUT2D eigenvalue weighted by Crippen LogP contribution is -2.57. The van der Waals surface area contributed by atoms with Gasteiger partial charge in [-0.2, -0.15) is 0 Å². The topological polar surface area (TPSA) is 32.3 Å². The lowest BCUT2D eigenvalue weighted by molar-refractivity contribution is 0.0680. The standard InChI is InChI=1S/C11H12F2N2O.ClH/c1-15(10-5-14-6-10)11(16)7-2-8(12)4-9(13)3-7;/h2-4,10,14H,5-6H2,1H3;1H. The van der Waals surface area contributed by atoms with E-state index in [0.29, 0.717) is 0 Å². The minimum atomic E-state index is -0.733. The predicted molar refractivity (Wildman–Crippen MR) is 62.4 cm³/mol. The summed E-state index contributed by atoms with van der Waals surface area (Å²) in [7, 11) is 1.64. The highest BCUT2D eigenvalue weighted by Crippen LogP contribution is 2.12. The van der Waals surface area contributed by atoms with Crippen molar-refractivity contribution in [3.8, 4) is 0 Å². The molecule has 1 aromatic rings. The molecule has 1 aromatic carbocycles. The third-order valence-corrected chi connectivity index (χ3v) is 2.74. The van der Waals surface area contributed by atoms with Gasteiger partial charge < -0.3 is 10.2 Å². The second-order valence-corrected chi connectivity index (χ2v) is 3.89. The van der Waals surface area contributed by atoms with Crippen LogP contribution in [0, 0.1) is 11.6 Å². The normalized spacial score (nSPS) is 14.8. The Kier molecular flexibility index (Phi) is 4.42. The summed E-state index contributed by atoms with van der Waals surface area (Å²) in [5.41, 5.74) is 0.0481. The van der Waals surface area contributed by atoms with E-state index in [2.05, 4.69) is 5.32 Å². The predicted octanol–water partition coefficient (Wildman–Crippen LogP) is 1.43. The van der Waals surface area contributed by atoms with Crippen molar-refractivity contribution in [3.63, 3.8) is 0 Å². The number of rotatable bonds is 2. The number of amides is 1. The molecule has 1 amide bonds. The van der Waals surface area contributed by atoms with Gasteiger partial charge in [-0.25, -0.2) is 8.78 Å². The number of hydrogen-bond acceptors (Lipinski definition) is 2. The highest BCUT2D eigenvalue weighted by atomic mass is 35.5. The molecular formula is C11H13ClF2N2O. The Morgan fingerprint density at radius 3 is 2.24 bits per heavy atom. The molecule has 0 aromatic heterocycles. The number of carbonyl (C=O) groups excluding carboxylic acids is 1. The van der Waals surface area contributed by atoms with Crippen LogP contribution in [0.15, 0.2) is 18.2 Å². The van der Waals surface area contributed by atoms with Gasteiger partial charge >= 0.3 is 0 Å². The van der Waals surface area contributed by atoms with Gasteiger partial charge in [-0.3, -0.25) is 4.79 Å². The number of hydrogen-bond donors (Lipinski definition) is 1. The van der Waals surface area contributed by atoms with Gasteiger partial charge in [0, 0.05) is 31.8 Å². The van der Waals surface area contributed by atoms with Gasteiger partial charge in [-0.15, -0.1) is 12.4 Å². The molecule has 0 unspecified atom stereocenters. The summed E-state index contributed by atoms with van der Waals surface area (Å²) < 4.78 is 25.9. The summed E-state index contributed by atoms with van der Waals surface area (Å²) in [4.78, 5) is 13.4. The molecule has 3 nitrogen and oxygen atoms in total. The Morgan fingerprint density at radius 2 is 1.82 bits per heavy atom. The van der Waals surface area contributed by atoms with E-state index in [1.165, 1.54) is 4.90 Å². The van der Waals surface area contributed by atoms with E-state index in [0.717, 1.165) is 31.3 Å². The fourth-order valence-corrected chi connectivity index (χ4v) is 1.59. The molecule has 0 atom stereocenters. The van der Waals surface area contributed by atoms with Gasteiger partial charge in [0.1, 0.15) is 11.6 Å². The zero-order valence-electron chi connectivity index (χ0n) is 9.24. The second-order valence-electron chi connectivity index (χ2n) is 3.89. The number of benzene rings is 1. The van der Waals surface area contributed by atoms with Crippen molar-refractivity contribution in [1.82, 2.24) is 10.2 Å². The Bertz CT molecular complexity index is 404. The van der Waals surface area contributed by atoms with E-state index in [4.69, 9.17) is 0 Å². The van der Waals surface area contributed by atoms with Gasteiger partial charge in [0.2, 0.25) is 0 Å².